The van der Waals surface area contributed by atoms with Crippen molar-refractivity contribution in [1.82, 2.24) is 0 Å². The van der Waals surface area contributed by atoms with Crippen LogP contribution in [0.5, 0.6) is 0 Å². The third-order valence-electron chi connectivity index (χ3n) is 19.7. The number of thiophene rings is 1. The van der Waals surface area contributed by atoms with Crippen molar-refractivity contribution in [2.24, 2.45) is 0 Å². The number of anilines is 6. The minimum atomic E-state index is -0.121. The van der Waals surface area contributed by atoms with Crippen LogP contribution < -0.4 is 42.6 Å². The lowest BCUT2D eigenvalue weighted by Gasteiger charge is -2.43. The Bertz CT molecular complexity index is 4310. The lowest BCUT2D eigenvalue weighted by atomic mass is 9.30. The number of fused-ring (bicyclic) bond motifs is 5. The number of benzene rings is 9. The van der Waals surface area contributed by atoms with E-state index >= 15 is 0 Å². The van der Waals surface area contributed by atoms with E-state index in [-0.39, 0.29) is 45.9 Å². The second kappa shape index (κ2) is 21.7. The van der Waals surface area contributed by atoms with Gasteiger partial charge in [0.25, 0.3) is 0 Å². The van der Waals surface area contributed by atoms with Gasteiger partial charge in [0, 0.05) is 34.1 Å². The first-order chi connectivity index (χ1) is 41.5. The maximum atomic E-state index is 2.70. The number of hydrogen-bond donors (Lipinski definition) is 0. The number of aryl methyl sites for hydroxylation is 4. The molecular formula is C84H94B2N2S. The van der Waals surface area contributed by atoms with Crippen LogP contribution in [0, 0.1) is 27.7 Å². The fourth-order valence-corrected chi connectivity index (χ4v) is 14.9. The van der Waals surface area contributed by atoms with Crippen LogP contribution in [-0.4, -0.2) is 13.4 Å². The molecule has 2 nitrogen and oxygen atoms in total. The van der Waals surface area contributed by atoms with Crippen molar-refractivity contribution in [3.8, 4) is 22.3 Å². The topological polar surface area (TPSA) is 6.48 Å². The third-order valence-corrected chi connectivity index (χ3v) is 20.5. The third kappa shape index (κ3) is 11.4. The van der Waals surface area contributed by atoms with Gasteiger partial charge in [0.05, 0.1) is 0 Å². The lowest BCUT2D eigenvalue weighted by molar-refractivity contribution is 0.568. The van der Waals surface area contributed by atoms with E-state index in [1.807, 2.05) is 0 Å². The van der Waals surface area contributed by atoms with Gasteiger partial charge in [0.1, 0.15) is 0 Å². The molecule has 0 amide bonds. The largest absolute Gasteiger partial charge is 0.311 e. The van der Waals surface area contributed by atoms with Gasteiger partial charge in [0.2, 0.25) is 13.4 Å². The molecule has 89 heavy (non-hydrogen) atoms. The molecule has 0 saturated heterocycles. The summed E-state index contributed by atoms with van der Waals surface area (Å²) >= 11 is 1.78. The zero-order valence-electron chi connectivity index (χ0n) is 57.6. The average Bonchev–Trinajstić information content (AvgIpc) is 0.777. The van der Waals surface area contributed by atoms with E-state index in [1.165, 1.54) is 150 Å². The van der Waals surface area contributed by atoms with E-state index in [1.54, 1.807) is 11.3 Å². The van der Waals surface area contributed by atoms with Gasteiger partial charge in [0.15, 0.2) is 0 Å². The van der Waals surface area contributed by atoms with Gasteiger partial charge in [-0.1, -0.05) is 273 Å². The summed E-state index contributed by atoms with van der Waals surface area (Å²) in [7, 11) is 0. The molecule has 0 atom stereocenters. The summed E-state index contributed by atoms with van der Waals surface area (Å²) in [6, 6.07) is 63.6. The number of rotatable bonds is 6. The first-order valence-corrected chi connectivity index (χ1v) is 33.6. The minimum Gasteiger partial charge on any atom is -0.311 e. The van der Waals surface area contributed by atoms with Crippen LogP contribution in [0.25, 0.3) is 33.0 Å². The van der Waals surface area contributed by atoms with Crippen LogP contribution >= 0.6 is 11.3 Å². The molecule has 0 saturated carbocycles. The van der Waals surface area contributed by atoms with Crippen molar-refractivity contribution < 1.29 is 0 Å². The Labute approximate surface area is 540 Å². The van der Waals surface area contributed by atoms with Crippen LogP contribution in [-0.2, 0) is 32.5 Å². The molecule has 2 aliphatic rings. The first-order valence-electron chi connectivity index (χ1n) is 32.7. The lowest BCUT2D eigenvalue weighted by Crippen LogP contribution is -2.63. The highest BCUT2D eigenvalue weighted by atomic mass is 32.1. The molecule has 0 bridgehead atoms. The Morgan fingerprint density at radius 3 is 0.989 bits per heavy atom. The second-order valence-corrected chi connectivity index (χ2v) is 33.5. The molecule has 9 aromatic carbocycles. The number of hydrogen-bond acceptors (Lipinski definition) is 3. The van der Waals surface area contributed by atoms with Crippen LogP contribution in [0.4, 0.5) is 34.1 Å². The number of nitrogens with zero attached hydrogens (tertiary/aromatic N) is 2. The van der Waals surface area contributed by atoms with Crippen LogP contribution in [0.2, 0.25) is 0 Å². The summed E-state index contributed by atoms with van der Waals surface area (Å²) in [5, 5.41) is 7.13. The van der Waals surface area contributed by atoms with Crippen molar-refractivity contribution in [3.05, 3.63) is 224 Å². The van der Waals surface area contributed by atoms with Gasteiger partial charge in [-0.2, -0.15) is 11.3 Å². The van der Waals surface area contributed by atoms with E-state index in [4.69, 9.17) is 0 Å². The molecule has 0 radical (unpaired) electrons. The summed E-state index contributed by atoms with van der Waals surface area (Å²) in [5.74, 6) is 0. The van der Waals surface area contributed by atoms with E-state index in [2.05, 4.69) is 331 Å². The fourth-order valence-electron chi connectivity index (χ4n) is 14.1. The summed E-state index contributed by atoms with van der Waals surface area (Å²) in [6.45, 7) is 51.7. The van der Waals surface area contributed by atoms with Gasteiger partial charge in [-0.3, -0.25) is 0 Å². The van der Waals surface area contributed by atoms with Gasteiger partial charge in [-0.25, -0.2) is 0 Å². The molecule has 3 heterocycles. The van der Waals surface area contributed by atoms with Crippen molar-refractivity contribution >= 4 is 102 Å². The Morgan fingerprint density at radius 2 is 0.618 bits per heavy atom. The fraction of sp³-hybridized carbons (Fsp3) is 0.333. The molecule has 10 aromatic rings. The van der Waals surface area contributed by atoms with Crippen molar-refractivity contribution in [2.45, 2.75) is 185 Å². The molecule has 12 rings (SSSR count). The molecular weight excluding hydrogens is 1090 g/mol. The van der Waals surface area contributed by atoms with E-state index in [9.17, 15) is 0 Å². The zero-order chi connectivity index (χ0) is 64.0. The van der Waals surface area contributed by atoms with E-state index in [0.29, 0.717) is 0 Å². The standard InChI is InChI=1S/C84H94B2N2S/c1-51-25-23-26-52(2)77(51)85-69-33-30-55(58-35-61(79(5,6)7)42-62(36-58)80(8,9)10)40-73(69)87(67-32-29-57-49-89-50-60(57)39-67)75-48-76-72(47-71(75)85)86(78-53(3)27-24-28-54(78)4)70-34-31-56(59-37-63(81(11,12)13)43-64(38-59)82(14,15)16)41-74(70)88(76)68-45-65(83(17,18)19)44-66(46-68)84(20,21)22/h23-50H,1-22H3. The molecule has 0 fully saturated rings. The maximum absolute atomic E-state index is 2.70. The molecule has 2 aliphatic heterocycles. The SMILES string of the molecule is Cc1cccc(C)c1B1c2ccc(-c3cc(C(C)(C)C)cc(C(C)(C)C)c3)cc2N(c2cc(C(C)(C)C)cc(C(C)(C)C)c2)c2cc3c(cc21)B(c1c(C)cccc1C)c1ccc(-c2cc(C(C)(C)C)cc(C(C)(C)C)c2)cc1N3c1ccc2cscc2c1. The highest BCUT2D eigenvalue weighted by Gasteiger charge is 2.44. The van der Waals surface area contributed by atoms with Gasteiger partial charge >= 0.3 is 0 Å². The highest BCUT2D eigenvalue weighted by molar-refractivity contribution is 7.09. The van der Waals surface area contributed by atoms with Crippen molar-refractivity contribution in [2.75, 3.05) is 9.80 Å². The molecule has 0 aliphatic carbocycles. The Balaban J connectivity index is 1.25. The quantitative estimate of drug-likeness (QED) is 0.153. The second-order valence-electron chi connectivity index (χ2n) is 32.7. The summed E-state index contributed by atoms with van der Waals surface area (Å²) in [4.78, 5) is 5.36. The van der Waals surface area contributed by atoms with Crippen LogP contribution in [0.15, 0.2) is 168 Å². The smallest absolute Gasteiger partial charge is 0.247 e. The summed E-state index contributed by atoms with van der Waals surface area (Å²) < 4.78 is 0. The maximum Gasteiger partial charge on any atom is 0.247 e. The Kier molecular flexibility index (Phi) is 15.1. The minimum absolute atomic E-state index is 0.0382. The predicted octanol–water partition coefficient (Wildman–Crippen LogP) is 19.9. The first kappa shape index (κ1) is 61.9. The highest BCUT2D eigenvalue weighted by Crippen LogP contribution is 2.48. The Hall–Kier alpha value is -7.33. The summed E-state index contributed by atoms with van der Waals surface area (Å²) in [5.41, 5.74) is 33.1. The molecule has 0 spiro atoms. The molecule has 452 valence electrons. The van der Waals surface area contributed by atoms with E-state index < -0.39 is 0 Å². The monoisotopic (exact) mass is 1180 g/mol. The summed E-state index contributed by atoms with van der Waals surface area (Å²) in [6.07, 6.45) is 0. The Morgan fingerprint density at radius 1 is 0.281 bits per heavy atom. The molecule has 1 aromatic heterocycles. The zero-order valence-corrected chi connectivity index (χ0v) is 58.4. The van der Waals surface area contributed by atoms with E-state index in [0.717, 1.165) is 5.69 Å². The molecule has 5 heteroatoms. The van der Waals surface area contributed by atoms with Crippen LogP contribution in [0.1, 0.15) is 180 Å². The normalized spacial score (nSPS) is 13.9. The van der Waals surface area contributed by atoms with Gasteiger partial charge < -0.3 is 9.80 Å². The van der Waals surface area contributed by atoms with Crippen molar-refractivity contribution in [1.29, 1.82) is 0 Å². The molecule has 0 unspecified atom stereocenters. The van der Waals surface area contributed by atoms with Crippen molar-refractivity contribution in [3.63, 3.8) is 0 Å². The van der Waals surface area contributed by atoms with Gasteiger partial charge in [-0.15, -0.1) is 0 Å². The van der Waals surface area contributed by atoms with Crippen LogP contribution in [0.3, 0.4) is 0 Å². The molecule has 0 N–H and O–H groups in total. The predicted molar refractivity (Wildman–Crippen MR) is 395 cm³/mol. The average molecular weight is 1190 g/mol. The van der Waals surface area contributed by atoms with Gasteiger partial charge in [-0.05, 0) is 202 Å².